The van der Waals surface area contributed by atoms with Gasteiger partial charge in [-0.2, -0.15) is 0 Å². The number of primary amides is 1. The first-order chi connectivity index (χ1) is 11.9. The molecule has 0 radical (unpaired) electrons. The molecular formula is C16H25N7OS. The summed E-state index contributed by atoms with van der Waals surface area (Å²) in [6, 6.07) is 0. The van der Waals surface area contributed by atoms with Crippen LogP contribution in [0, 0.1) is 0 Å². The van der Waals surface area contributed by atoms with E-state index in [1.165, 1.54) is 0 Å². The summed E-state index contributed by atoms with van der Waals surface area (Å²) in [6.45, 7) is 7.54. The molecule has 0 aromatic carbocycles. The van der Waals surface area contributed by atoms with Gasteiger partial charge < -0.3 is 16.0 Å². The number of aliphatic imine (C=N–C) groups is 1. The molecule has 0 saturated carbocycles. The third-order valence-corrected chi connectivity index (χ3v) is 5.53. The fraction of sp³-hybridized carbons (Fsp3) is 0.562. The highest BCUT2D eigenvalue weighted by molar-refractivity contribution is 7.15. The highest BCUT2D eigenvalue weighted by atomic mass is 32.1. The number of thiazole rings is 1. The van der Waals surface area contributed by atoms with Crippen molar-refractivity contribution in [2.45, 2.75) is 25.9 Å². The number of fused-ring (bicyclic) bond motifs is 1. The number of aromatic nitrogens is 2. The number of nitrogens with two attached hydrogens (primary N) is 1. The van der Waals surface area contributed by atoms with Crippen LogP contribution < -0.4 is 11.1 Å². The normalized spacial score (nSPS) is 17.2. The summed E-state index contributed by atoms with van der Waals surface area (Å²) < 4.78 is 2.02. The number of carbonyl (C=O) groups is 1. The Kier molecular flexibility index (Phi) is 4.96. The van der Waals surface area contributed by atoms with Gasteiger partial charge in [-0.05, 0) is 13.8 Å². The number of rotatable bonds is 4. The van der Waals surface area contributed by atoms with Gasteiger partial charge in [-0.15, -0.1) is 11.3 Å². The maximum Gasteiger partial charge on any atom is 0.237 e. The number of carbonyl (C=O) groups excluding carboxylic acids is 1. The Bertz CT molecular complexity index is 742. The van der Waals surface area contributed by atoms with Gasteiger partial charge in [0.25, 0.3) is 0 Å². The maximum absolute atomic E-state index is 11.6. The number of nitrogens with zero attached hydrogens (tertiary/aromatic N) is 5. The lowest BCUT2D eigenvalue weighted by atomic mass is 10.0. The van der Waals surface area contributed by atoms with E-state index in [-0.39, 0.29) is 5.91 Å². The fourth-order valence-electron chi connectivity index (χ4n) is 3.00. The Morgan fingerprint density at radius 1 is 1.40 bits per heavy atom. The van der Waals surface area contributed by atoms with Crippen LogP contribution in [0.2, 0.25) is 0 Å². The largest absolute Gasteiger partial charge is 0.368 e. The zero-order valence-corrected chi connectivity index (χ0v) is 15.7. The van der Waals surface area contributed by atoms with Crippen LogP contribution in [0.3, 0.4) is 0 Å². The zero-order chi connectivity index (χ0) is 18.0. The van der Waals surface area contributed by atoms with Crippen molar-refractivity contribution in [3.05, 3.63) is 23.5 Å². The first-order valence-corrected chi connectivity index (χ1v) is 9.21. The molecule has 0 spiro atoms. The molecule has 0 atom stereocenters. The third-order valence-electron chi connectivity index (χ3n) is 4.76. The van der Waals surface area contributed by atoms with Crippen LogP contribution in [0.1, 0.15) is 19.5 Å². The van der Waals surface area contributed by atoms with Gasteiger partial charge in [0.15, 0.2) is 10.9 Å². The van der Waals surface area contributed by atoms with Gasteiger partial charge in [-0.25, -0.2) is 4.98 Å². The summed E-state index contributed by atoms with van der Waals surface area (Å²) >= 11 is 1.62. The molecule has 3 N–H and O–H groups in total. The number of nitrogens with one attached hydrogen (secondary N) is 1. The van der Waals surface area contributed by atoms with E-state index in [2.05, 4.69) is 25.1 Å². The Balaban J connectivity index is 1.56. The van der Waals surface area contributed by atoms with Crippen molar-refractivity contribution >= 4 is 28.2 Å². The van der Waals surface area contributed by atoms with E-state index in [4.69, 9.17) is 5.73 Å². The van der Waals surface area contributed by atoms with Crippen molar-refractivity contribution in [2.75, 3.05) is 33.2 Å². The minimum atomic E-state index is -0.620. The number of hydrogen-bond donors (Lipinski definition) is 2. The second-order valence-electron chi connectivity index (χ2n) is 6.62. The third kappa shape index (κ3) is 3.62. The average Bonchev–Trinajstić information content (AvgIpc) is 3.17. The number of amides is 1. The Morgan fingerprint density at radius 2 is 2.12 bits per heavy atom. The van der Waals surface area contributed by atoms with Gasteiger partial charge in [0.2, 0.25) is 5.91 Å². The SMILES string of the molecule is CN=C(NCc1cn2ccsc2n1)N1CCN(C(C)(C)C(N)=O)CC1. The summed E-state index contributed by atoms with van der Waals surface area (Å²) in [7, 11) is 1.79. The zero-order valence-electron chi connectivity index (χ0n) is 14.9. The predicted octanol–water partition coefficient (Wildman–Crippen LogP) is 0.353. The number of imidazole rings is 1. The van der Waals surface area contributed by atoms with E-state index in [9.17, 15) is 4.79 Å². The highest BCUT2D eigenvalue weighted by Gasteiger charge is 2.35. The lowest BCUT2D eigenvalue weighted by Crippen LogP contribution is -2.61. The molecule has 3 heterocycles. The molecule has 0 aliphatic carbocycles. The molecule has 2 aromatic heterocycles. The Hall–Kier alpha value is -2.13. The van der Waals surface area contributed by atoms with Crippen LogP contribution in [0.5, 0.6) is 0 Å². The van der Waals surface area contributed by atoms with Gasteiger partial charge in [0, 0.05) is 51.0 Å². The predicted molar refractivity (Wildman–Crippen MR) is 99.7 cm³/mol. The Morgan fingerprint density at radius 3 is 2.72 bits per heavy atom. The minimum absolute atomic E-state index is 0.289. The van der Waals surface area contributed by atoms with Gasteiger partial charge in [-0.3, -0.25) is 19.1 Å². The molecule has 0 bridgehead atoms. The van der Waals surface area contributed by atoms with E-state index in [0.29, 0.717) is 6.54 Å². The summed E-state index contributed by atoms with van der Waals surface area (Å²) in [4.78, 5) is 25.9. The van der Waals surface area contributed by atoms with Gasteiger partial charge in [0.1, 0.15) is 0 Å². The van der Waals surface area contributed by atoms with Crippen molar-refractivity contribution in [1.29, 1.82) is 0 Å². The fourth-order valence-corrected chi connectivity index (χ4v) is 3.72. The maximum atomic E-state index is 11.6. The van der Waals surface area contributed by atoms with E-state index in [1.807, 2.05) is 36.0 Å². The van der Waals surface area contributed by atoms with Crippen LogP contribution in [-0.2, 0) is 11.3 Å². The number of piperazine rings is 1. The highest BCUT2D eigenvalue weighted by Crippen LogP contribution is 2.17. The van der Waals surface area contributed by atoms with Crippen LogP contribution >= 0.6 is 11.3 Å². The van der Waals surface area contributed by atoms with Gasteiger partial charge in [0.05, 0.1) is 17.8 Å². The van der Waals surface area contributed by atoms with Crippen LogP contribution in [0.25, 0.3) is 4.96 Å². The molecule has 1 amide bonds. The number of guanidine groups is 1. The first kappa shape index (κ1) is 17.7. The smallest absolute Gasteiger partial charge is 0.237 e. The standard InChI is InChI=1S/C16H25N7OS/c1-16(2,13(17)24)23-6-4-21(5-7-23)14(18-3)19-10-12-11-22-8-9-25-15(22)20-12/h8-9,11H,4-7,10H2,1-3H3,(H2,17,24)(H,18,19). The van der Waals surface area contributed by atoms with Crippen molar-refractivity contribution in [1.82, 2.24) is 24.5 Å². The molecule has 3 rings (SSSR count). The molecule has 2 aromatic rings. The van der Waals surface area contributed by atoms with Crippen LogP contribution in [-0.4, -0.2) is 69.8 Å². The summed E-state index contributed by atoms with van der Waals surface area (Å²) in [5.74, 6) is 0.566. The lowest BCUT2D eigenvalue weighted by Gasteiger charge is -2.43. The van der Waals surface area contributed by atoms with E-state index in [1.54, 1.807) is 18.4 Å². The van der Waals surface area contributed by atoms with Crippen LogP contribution in [0.4, 0.5) is 0 Å². The molecular weight excluding hydrogens is 338 g/mol. The second-order valence-corrected chi connectivity index (χ2v) is 7.50. The van der Waals surface area contributed by atoms with Gasteiger partial charge >= 0.3 is 0 Å². The molecule has 0 unspecified atom stereocenters. The monoisotopic (exact) mass is 363 g/mol. The molecule has 136 valence electrons. The quantitative estimate of drug-likeness (QED) is 0.604. The average molecular weight is 363 g/mol. The summed E-state index contributed by atoms with van der Waals surface area (Å²) in [6.07, 6.45) is 4.03. The van der Waals surface area contributed by atoms with E-state index < -0.39 is 5.54 Å². The molecule has 9 heteroatoms. The van der Waals surface area contributed by atoms with E-state index >= 15 is 0 Å². The van der Waals surface area contributed by atoms with E-state index in [0.717, 1.165) is 42.8 Å². The second kappa shape index (κ2) is 7.01. The van der Waals surface area contributed by atoms with Crippen molar-refractivity contribution in [3.63, 3.8) is 0 Å². The summed E-state index contributed by atoms with van der Waals surface area (Å²) in [5, 5.41) is 5.40. The molecule has 1 fully saturated rings. The van der Waals surface area contributed by atoms with Crippen molar-refractivity contribution < 1.29 is 4.79 Å². The summed E-state index contributed by atoms with van der Waals surface area (Å²) in [5.41, 5.74) is 5.89. The topological polar surface area (TPSA) is 91.3 Å². The molecule has 1 aliphatic heterocycles. The van der Waals surface area contributed by atoms with Crippen molar-refractivity contribution in [3.8, 4) is 0 Å². The molecule has 25 heavy (non-hydrogen) atoms. The molecule has 8 nitrogen and oxygen atoms in total. The van der Waals surface area contributed by atoms with Crippen LogP contribution in [0.15, 0.2) is 22.8 Å². The number of hydrogen-bond acceptors (Lipinski definition) is 5. The molecule has 1 aliphatic rings. The Labute approximate surface area is 151 Å². The van der Waals surface area contributed by atoms with Crippen molar-refractivity contribution in [2.24, 2.45) is 10.7 Å². The molecule has 1 saturated heterocycles. The minimum Gasteiger partial charge on any atom is -0.368 e. The first-order valence-electron chi connectivity index (χ1n) is 8.33. The van der Waals surface area contributed by atoms with Gasteiger partial charge in [-0.1, -0.05) is 0 Å². The lowest BCUT2D eigenvalue weighted by molar-refractivity contribution is -0.129.